The van der Waals surface area contributed by atoms with Gasteiger partial charge in [-0.3, -0.25) is 0 Å². The number of nitrogens with zero attached hydrogens (tertiary/aromatic N) is 7. The Labute approximate surface area is 208 Å². The van der Waals surface area contributed by atoms with Gasteiger partial charge in [-0.25, -0.2) is 18.0 Å². The van der Waals surface area contributed by atoms with Crippen LogP contribution in [0.15, 0.2) is 30.5 Å². The Bertz CT molecular complexity index is 1380. The van der Waals surface area contributed by atoms with Gasteiger partial charge in [0.25, 0.3) is 6.43 Å². The van der Waals surface area contributed by atoms with E-state index < -0.39 is 12.5 Å². The van der Waals surface area contributed by atoms with E-state index in [9.17, 15) is 8.78 Å². The quantitative estimate of drug-likeness (QED) is 0.405. The van der Waals surface area contributed by atoms with Crippen LogP contribution in [0.25, 0.3) is 27.7 Å². The molecule has 1 fully saturated rings. The van der Waals surface area contributed by atoms with E-state index >= 15 is 0 Å². The SMILES string of the molecule is COc1nc(NCC2CCN(C)CC2(C)C)nn2ccc(-c3ccc4nnn([C@H](C)C(F)F)c4c3)c12. The highest BCUT2D eigenvalue weighted by Gasteiger charge is 2.34. The molecule has 1 N–H and O–H groups in total. The minimum absolute atomic E-state index is 0.191. The summed E-state index contributed by atoms with van der Waals surface area (Å²) < 4.78 is 35.4. The normalized spacial score (nSPS) is 19.3. The molecule has 4 aromatic rings. The van der Waals surface area contributed by atoms with Crippen molar-refractivity contribution in [3.8, 4) is 17.0 Å². The lowest BCUT2D eigenvalue weighted by molar-refractivity contribution is 0.0793. The lowest BCUT2D eigenvalue weighted by Gasteiger charge is -2.43. The molecule has 2 atom stereocenters. The van der Waals surface area contributed by atoms with Crippen molar-refractivity contribution in [2.45, 2.75) is 39.7 Å². The van der Waals surface area contributed by atoms with Gasteiger partial charge >= 0.3 is 0 Å². The number of fused-ring (bicyclic) bond motifs is 2. The molecule has 9 nitrogen and oxygen atoms in total. The molecule has 1 aliphatic rings. The number of piperidine rings is 1. The van der Waals surface area contributed by atoms with Crippen LogP contribution < -0.4 is 10.1 Å². The number of ether oxygens (including phenoxy) is 1. The molecule has 192 valence electrons. The summed E-state index contributed by atoms with van der Waals surface area (Å²) in [5.74, 6) is 1.43. The first kappa shape index (κ1) is 24.4. The van der Waals surface area contributed by atoms with E-state index in [1.165, 1.54) is 11.6 Å². The van der Waals surface area contributed by atoms with Gasteiger partial charge in [0.15, 0.2) is 0 Å². The van der Waals surface area contributed by atoms with E-state index in [0.717, 1.165) is 37.2 Å². The number of nitrogens with one attached hydrogen (secondary N) is 1. The number of hydrogen-bond donors (Lipinski definition) is 1. The maximum Gasteiger partial charge on any atom is 0.260 e. The zero-order valence-corrected chi connectivity index (χ0v) is 21.2. The number of methoxy groups -OCH3 is 1. The van der Waals surface area contributed by atoms with Crippen LogP contribution in [0.5, 0.6) is 5.88 Å². The number of aromatic nitrogens is 6. The molecule has 1 aliphatic heterocycles. The van der Waals surface area contributed by atoms with Gasteiger partial charge in [0.2, 0.25) is 11.8 Å². The Kier molecular flexibility index (Phi) is 6.27. The first-order valence-corrected chi connectivity index (χ1v) is 12.2. The first-order valence-electron chi connectivity index (χ1n) is 12.2. The summed E-state index contributed by atoms with van der Waals surface area (Å²) in [7, 11) is 3.74. The van der Waals surface area contributed by atoms with Crippen molar-refractivity contribution < 1.29 is 13.5 Å². The van der Waals surface area contributed by atoms with Gasteiger partial charge in [-0.2, -0.15) is 4.98 Å². The Morgan fingerprint density at radius 3 is 2.78 bits per heavy atom. The van der Waals surface area contributed by atoms with Crippen molar-refractivity contribution >= 4 is 22.5 Å². The fourth-order valence-electron chi connectivity index (χ4n) is 5.22. The lowest BCUT2D eigenvalue weighted by atomic mass is 9.74. The molecule has 0 saturated carbocycles. The molecule has 4 heterocycles. The Morgan fingerprint density at radius 1 is 1.25 bits per heavy atom. The summed E-state index contributed by atoms with van der Waals surface area (Å²) in [6, 6.07) is 6.32. The predicted molar refractivity (Wildman–Crippen MR) is 135 cm³/mol. The third-order valence-electron chi connectivity index (χ3n) is 7.35. The average Bonchev–Trinajstić information content (AvgIpc) is 3.45. The second kappa shape index (κ2) is 9.27. The Balaban J connectivity index is 1.46. The summed E-state index contributed by atoms with van der Waals surface area (Å²) in [5, 5.41) is 16.1. The van der Waals surface area contributed by atoms with Crippen LogP contribution >= 0.6 is 0 Å². The van der Waals surface area contributed by atoms with Crippen LogP contribution in [0, 0.1) is 11.3 Å². The summed E-state index contributed by atoms with van der Waals surface area (Å²) >= 11 is 0. The number of halogens is 2. The van der Waals surface area contributed by atoms with Gasteiger partial charge in [0.05, 0.1) is 12.6 Å². The van der Waals surface area contributed by atoms with Crippen molar-refractivity contribution in [2.75, 3.05) is 39.1 Å². The summed E-state index contributed by atoms with van der Waals surface area (Å²) in [5.41, 5.74) is 3.62. The topological polar surface area (TPSA) is 85.4 Å². The van der Waals surface area contributed by atoms with Gasteiger partial charge in [-0.1, -0.05) is 25.1 Å². The molecule has 1 unspecified atom stereocenters. The van der Waals surface area contributed by atoms with Crippen molar-refractivity contribution in [1.29, 1.82) is 0 Å². The molecule has 3 aromatic heterocycles. The van der Waals surface area contributed by atoms with Crippen LogP contribution in [0.3, 0.4) is 0 Å². The summed E-state index contributed by atoms with van der Waals surface area (Å²) in [6.45, 7) is 8.95. The molecule has 11 heteroatoms. The first-order chi connectivity index (χ1) is 17.2. The van der Waals surface area contributed by atoms with Gasteiger partial charge in [0.1, 0.15) is 17.1 Å². The summed E-state index contributed by atoms with van der Waals surface area (Å²) in [6.07, 6.45) is 0.413. The molecule has 0 aliphatic carbocycles. The van der Waals surface area contributed by atoms with Crippen molar-refractivity contribution in [3.05, 3.63) is 30.5 Å². The highest BCUT2D eigenvalue weighted by molar-refractivity contribution is 5.89. The molecule has 0 spiro atoms. The van der Waals surface area contributed by atoms with E-state index in [-0.39, 0.29) is 5.41 Å². The number of alkyl halides is 2. The van der Waals surface area contributed by atoms with E-state index in [4.69, 9.17) is 4.74 Å². The third-order valence-corrected chi connectivity index (χ3v) is 7.35. The van der Waals surface area contributed by atoms with Gasteiger partial charge in [0, 0.05) is 24.8 Å². The van der Waals surface area contributed by atoms with Gasteiger partial charge in [-0.05, 0) is 62.0 Å². The van der Waals surface area contributed by atoms with E-state index in [2.05, 4.69) is 51.5 Å². The second-order valence-corrected chi connectivity index (χ2v) is 10.4. The molecular formula is C25H32F2N8O. The van der Waals surface area contributed by atoms with Crippen molar-refractivity contribution in [1.82, 2.24) is 34.5 Å². The highest BCUT2D eigenvalue weighted by atomic mass is 19.3. The minimum atomic E-state index is -2.55. The highest BCUT2D eigenvalue weighted by Crippen LogP contribution is 2.36. The lowest BCUT2D eigenvalue weighted by Crippen LogP contribution is -2.46. The maximum absolute atomic E-state index is 13.3. The van der Waals surface area contributed by atoms with Crippen LogP contribution in [0.4, 0.5) is 14.7 Å². The van der Waals surface area contributed by atoms with Crippen LogP contribution in [0.2, 0.25) is 0 Å². The molecule has 5 rings (SSSR count). The van der Waals surface area contributed by atoms with Gasteiger partial charge < -0.3 is 15.0 Å². The Hall–Kier alpha value is -3.34. The largest absolute Gasteiger partial charge is 0.479 e. The molecule has 0 bridgehead atoms. The standard InChI is InChI=1S/C25H32F2N8O/c1-15(22(26)27)35-20-12-16(6-7-19(20)30-32-35)18-9-11-34-21(18)23(36-5)29-24(31-34)28-13-17-8-10-33(4)14-25(17,2)3/h6-7,9,11-12,15,17,22H,8,10,13-14H2,1-5H3,(H,28,31)/t15-,17?/m1/s1. The molecule has 1 aromatic carbocycles. The van der Waals surface area contributed by atoms with E-state index in [1.807, 2.05) is 24.4 Å². The summed E-state index contributed by atoms with van der Waals surface area (Å²) in [4.78, 5) is 7.01. The van der Waals surface area contributed by atoms with Crippen molar-refractivity contribution in [2.24, 2.45) is 11.3 Å². The molecule has 0 amide bonds. The number of anilines is 1. The van der Waals surface area contributed by atoms with Crippen molar-refractivity contribution in [3.63, 3.8) is 0 Å². The number of benzene rings is 1. The zero-order valence-electron chi connectivity index (χ0n) is 21.2. The fourth-order valence-corrected chi connectivity index (χ4v) is 5.22. The van der Waals surface area contributed by atoms with E-state index in [0.29, 0.717) is 34.3 Å². The number of rotatable bonds is 7. The van der Waals surface area contributed by atoms with E-state index in [1.54, 1.807) is 17.7 Å². The van der Waals surface area contributed by atoms with Gasteiger partial charge in [-0.15, -0.1) is 10.2 Å². The fraction of sp³-hybridized carbons (Fsp3) is 0.520. The third kappa shape index (κ3) is 4.36. The average molecular weight is 499 g/mol. The maximum atomic E-state index is 13.3. The molecular weight excluding hydrogens is 466 g/mol. The van der Waals surface area contributed by atoms with Crippen LogP contribution in [0.1, 0.15) is 33.2 Å². The Morgan fingerprint density at radius 2 is 2.06 bits per heavy atom. The monoisotopic (exact) mass is 498 g/mol. The molecule has 36 heavy (non-hydrogen) atoms. The van der Waals surface area contributed by atoms with Crippen LogP contribution in [-0.2, 0) is 0 Å². The number of hydrogen-bond acceptors (Lipinski definition) is 7. The second-order valence-electron chi connectivity index (χ2n) is 10.4. The molecule has 0 radical (unpaired) electrons. The zero-order chi connectivity index (χ0) is 25.6. The predicted octanol–water partition coefficient (Wildman–Crippen LogP) is 4.37. The van der Waals surface area contributed by atoms with Crippen LogP contribution in [-0.4, -0.2) is 74.7 Å². The minimum Gasteiger partial charge on any atom is -0.479 e. The number of likely N-dealkylation sites (tertiary alicyclic amines) is 1. The molecule has 1 saturated heterocycles. The smallest absolute Gasteiger partial charge is 0.260 e.